The molecule has 1 aromatic heterocycles. The largest absolute Gasteiger partial charge is 0.496 e. The van der Waals surface area contributed by atoms with Gasteiger partial charge < -0.3 is 39.0 Å². The summed E-state index contributed by atoms with van der Waals surface area (Å²) in [6.07, 6.45) is 5.94. The molecule has 2 unspecified atom stereocenters. The number of para-hydroxylation sites is 1. The normalized spacial score (nSPS) is 37.0. The van der Waals surface area contributed by atoms with E-state index in [1.165, 1.54) is 21.1 Å². The van der Waals surface area contributed by atoms with Gasteiger partial charge in [-0.25, -0.2) is 4.79 Å². The van der Waals surface area contributed by atoms with Crippen molar-refractivity contribution in [1.29, 1.82) is 0 Å². The molecule has 5 aliphatic heterocycles. The van der Waals surface area contributed by atoms with Crippen LogP contribution in [0.2, 0.25) is 0 Å². The molecule has 3 N–H and O–H groups in total. The molecular weight excluding hydrogens is 753 g/mol. The van der Waals surface area contributed by atoms with E-state index < -0.39 is 57.5 Å². The molecule has 1 aliphatic carbocycles. The maximum Gasteiger partial charge on any atom is 0.344 e. The number of anilines is 1. The van der Waals surface area contributed by atoms with Gasteiger partial charge in [0.1, 0.15) is 11.2 Å². The summed E-state index contributed by atoms with van der Waals surface area (Å²) in [5.74, 6) is -1.56. The Labute approximate surface area is 345 Å². The highest BCUT2D eigenvalue weighted by atomic mass is 16.6. The molecular formula is C46H58N4O9. The van der Waals surface area contributed by atoms with Gasteiger partial charge in [0, 0.05) is 90.9 Å². The monoisotopic (exact) mass is 810 g/mol. The van der Waals surface area contributed by atoms with E-state index in [4.69, 9.17) is 18.9 Å². The van der Waals surface area contributed by atoms with Crippen molar-refractivity contribution < 1.29 is 43.5 Å². The first-order valence-electron chi connectivity index (χ1n) is 21.2. The maximum atomic E-state index is 15.3. The van der Waals surface area contributed by atoms with Crippen LogP contribution in [0.5, 0.6) is 5.75 Å². The van der Waals surface area contributed by atoms with Crippen LogP contribution in [0.15, 0.2) is 48.6 Å². The van der Waals surface area contributed by atoms with Gasteiger partial charge in [0.25, 0.3) is 0 Å². The second kappa shape index (κ2) is 13.8. The van der Waals surface area contributed by atoms with Crippen molar-refractivity contribution in [2.24, 2.45) is 11.3 Å². The molecule has 10 atom stereocenters. The minimum Gasteiger partial charge on any atom is -0.496 e. The molecule has 59 heavy (non-hydrogen) atoms. The minimum atomic E-state index is -2.30. The molecule has 13 heteroatoms. The van der Waals surface area contributed by atoms with E-state index in [0.29, 0.717) is 82.6 Å². The van der Waals surface area contributed by atoms with Crippen LogP contribution >= 0.6 is 0 Å². The number of nitrogens with zero attached hydrogens (tertiary/aromatic N) is 3. The summed E-state index contributed by atoms with van der Waals surface area (Å²) in [7, 11) is 6.15. The summed E-state index contributed by atoms with van der Waals surface area (Å²) in [5, 5.41) is 26.3. The van der Waals surface area contributed by atoms with E-state index in [-0.39, 0.29) is 12.0 Å². The SMILES string of the molecule is CC[C@]1(O)C[C@H]2CN(CCc3c([nH]c4ccccc34)[C@@](C(=O)OC)(c3cc4c(cc3OC)N(C)C3[C@]45CCN4CC=C[C@@](CC)([C@@H](OC(C)=O)[C@]3(O)C(=O)OC)[C@H]45)C2)C1. The standard InChI is InChI=1S/C46H58N4O9/c1-8-42(54)23-28-24-45(40(52)57-6,36-30(15-19-49(25-28)26-42)29-13-10-11-14-33(29)47-36)32-21-31-34(22-35(32)56-5)48(4)38-44(31)17-20-50-18-12-16-43(9-2,37(44)50)39(59-27(3)51)46(38,55)41(53)58-7/h10-14,16,21-22,28,37-39,47,54-55H,8-9,15,17-20,23-26H2,1-7H3/t28-,37+,38?,39-,42+,43-,44-,45+,46+/m1/s1. The van der Waals surface area contributed by atoms with Crippen LogP contribution in [0.25, 0.3) is 10.9 Å². The molecule has 0 amide bonds. The zero-order valence-electron chi connectivity index (χ0n) is 35.3. The van der Waals surface area contributed by atoms with E-state index in [1.54, 1.807) is 7.11 Å². The number of rotatable bonds is 7. The number of carbonyl (C=O) groups excluding carboxylic acids is 3. The second-order valence-electron chi connectivity index (χ2n) is 18.2. The van der Waals surface area contributed by atoms with Crippen molar-refractivity contribution in [1.82, 2.24) is 14.8 Å². The number of hydrogen-bond acceptors (Lipinski definition) is 12. The number of nitrogens with one attached hydrogen (secondary N) is 1. The van der Waals surface area contributed by atoms with Crippen LogP contribution in [-0.2, 0) is 45.8 Å². The Bertz CT molecular complexity index is 2260. The third-order valence-electron chi connectivity index (χ3n) is 15.6. The van der Waals surface area contributed by atoms with Gasteiger partial charge in [-0.1, -0.05) is 44.2 Å². The number of carbonyl (C=O) groups is 3. The molecule has 1 spiro atoms. The van der Waals surface area contributed by atoms with E-state index in [9.17, 15) is 19.8 Å². The summed E-state index contributed by atoms with van der Waals surface area (Å²) in [4.78, 5) is 53.2. The van der Waals surface area contributed by atoms with Crippen molar-refractivity contribution in [3.8, 4) is 5.75 Å². The number of fused-ring (bicyclic) bond motifs is 6. The maximum absolute atomic E-state index is 15.3. The van der Waals surface area contributed by atoms with E-state index in [0.717, 1.165) is 33.4 Å². The predicted molar refractivity (Wildman–Crippen MR) is 220 cm³/mol. The molecule has 9 rings (SSSR count). The number of aliphatic hydroxyl groups is 2. The summed E-state index contributed by atoms with van der Waals surface area (Å²) < 4.78 is 23.9. The highest BCUT2D eigenvalue weighted by Crippen LogP contribution is 2.68. The Morgan fingerprint density at radius 1 is 0.949 bits per heavy atom. The van der Waals surface area contributed by atoms with Crippen molar-refractivity contribution in [2.75, 3.05) is 66.0 Å². The number of esters is 3. The summed E-state index contributed by atoms with van der Waals surface area (Å²) in [5.41, 5.74) is -1.62. The van der Waals surface area contributed by atoms with Crippen molar-refractivity contribution in [3.63, 3.8) is 0 Å². The number of methoxy groups -OCH3 is 3. The molecule has 6 heterocycles. The molecule has 3 fully saturated rings. The summed E-state index contributed by atoms with van der Waals surface area (Å²) >= 11 is 0. The third-order valence-corrected chi connectivity index (χ3v) is 15.6. The number of piperidine rings is 1. The zero-order chi connectivity index (χ0) is 41.9. The Morgan fingerprint density at radius 3 is 2.41 bits per heavy atom. The zero-order valence-corrected chi connectivity index (χ0v) is 35.3. The van der Waals surface area contributed by atoms with Crippen LogP contribution in [-0.4, -0.2) is 133 Å². The highest BCUT2D eigenvalue weighted by Gasteiger charge is 2.80. The first kappa shape index (κ1) is 40.0. The number of ether oxygens (including phenoxy) is 4. The molecule has 0 radical (unpaired) electrons. The average Bonchev–Trinajstić information content (AvgIpc) is 3.90. The number of H-pyrrole nitrogens is 1. The Kier molecular flexibility index (Phi) is 9.36. The van der Waals surface area contributed by atoms with Crippen LogP contribution in [0.1, 0.15) is 75.3 Å². The van der Waals surface area contributed by atoms with Crippen molar-refractivity contribution in [2.45, 2.75) is 99.5 Å². The number of aromatic nitrogens is 1. The van der Waals surface area contributed by atoms with Gasteiger partial charge >= 0.3 is 17.9 Å². The van der Waals surface area contributed by atoms with Gasteiger partial charge in [-0.15, -0.1) is 0 Å². The molecule has 1 saturated carbocycles. The first-order chi connectivity index (χ1) is 28.2. The Balaban J connectivity index is 1.36. The molecule has 6 aliphatic rings. The molecule has 2 saturated heterocycles. The van der Waals surface area contributed by atoms with Crippen molar-refractivity contribution in [3.05, 3.63) is 70.9 Å². The Hall–Kier alpha value is -4.43. The number of hydrogen-bond donors (Lipinski definition) is 3. The van der Waals surface area contributed by atoms with Gasteiger partial charge in [-0.2, -0.15) is 0 Å². The van der Waals surface area contributed by atoms with Crippen LogP contribution < -0.4 is 9.64 Å². The predicted octanol–water partition coefficient (Wildman–Crippen LogP) is 3.99. The highest BCUT2D eigenvalue weighted by molar-refractivity contribution is 5.95. The van der Waals surface area contributed by atoms with Crippen molar-refractivity contribution >= 4 is 34.5 Å². The van der Waals surface area contributed by atoms with Gasteiger partial charge in [-0.3, -0.25) is 19.4 Å². The minimum absolute atomic E-state index is 0.0986. The molecule has 13 nitrogen and oxygen atoms in total. The fourth-order valence-electron chi connectivity index (χ4n) is 13.5. The lowest BCUT2D eigenvalue weighted by molar-refractivity contribution is -0.228. The number of aromatic amines is 1. The Morgan fingerprint density at radius 2 is 1.71 bits per heavy atom. The van der Waals surface area contributed by atoms with Gasteiger partial charge in [0.05, 0.1) is 33.0 Å². The lowest BCUT2D eigenvalue weighted by Gasteiger charge is -2.63. The average molecular weight is 811 g/mol. The fourth-order valence-corrected chi connectivity index (χ4v) is 13.5. The summed E-state index contributed by atoms with van der Waals surface area (Å²) in [6.45, 7) is 8.62. The number of benzene rings is 2. The van der Waals surface area contributed by atoms with Gasteiger partial charge in [0.2, 0.25) is 5.60 Å². The lowest BCUT2D eigenvalue weighted by Crippen LogP contribution is -2.81. The summed E-state index contributed by atoms with van der Waals surface area (Å²) in [6, 6.07) is 11.0. The molecule has 2 bridgehead atoms. The van der Waals surface area contributed by atoms with Gasteiger partial charge in [-0.05, 0) is 74.2 Å². The quantitative estimate of drug-likeness (QED) is 0.180. The van der Waals surface area contributed by atoms with Gasteiger partial charge in [0.15, 0.2) is 6.10 Å². The van der Waals surface area contributed by atoms with E-state index in [1.807, 2.05) is 50.1 Å². The second-order valence-corrected chi connectivity index (χ2v) is 18.2. The van der Waals surface area contributed by atoms with E-state index in [2.05, 4.69) is 39.1 Å². The number of likely N-dealkylation sites (N-methyl/N-ethyl adjacent to an activating group) is 1. The first-order valence-corrected chi connectivity index (χ1v) is 21.2. The topological polar surface area (TPSA) is 154 Å². The molecule has 3 aromatic rings. The molecule has 316 valence electrons. The lowest BCUT2D eigenvalue weighted by atomic mass is 9.47. The fraction of sp³-hybridized carbons (Fsp3) is 0.587. The molecule has 2 aromatic carbocycles. The van der Waals surface area contributed by atoms with Crippen LogP contribution in [0.3, 0.4) is 0 Å². The third kappa shape index (κ3) is 5.20. The smallest absolute Gasteiger partial charge is 0.344 e. The van der Waals surface area contributed by atoms with Crippen LogP contribution in [0, 0.1) is 11.3 Å². The van der Waals surface area contributed by atoms with E-state index >= 15 is 4.79 Å². The van der Waals surface area contributed by atoms with Crippen LogP contribution in [0.4, 0.5) is 5.69 Å².